The van der Waals surface area contributed by atoms with Crippen LogP contribution in [0.15, 0.2) is 0 Å². The van der Waals surface area contributed by atoms with Crippen molar-refractivity contribution in [3.8, 4) is 0 Å². The zero-order chi connectivity index (χ0) is 33.8. The number of ketones is 1. The Morgan fingerprint density at radius 2 is 1.50 bits per heavy atom. The third-order valence-electron chi connectivity index (χ3n) is 8.45. The van der Waals surface area contributed by atoms with Gasteiger partial charge in [-0.2, -0.15) is 0 Å². The van der Waals surface area contributed by atoms with E-state index in [1.807, 2.05) is 20.8 Å². The molecule has 2 fully saturated rings. The first-order valence-corrected chi connectivity index (χ1v) is 17.6. The Kier molecular flexibility index (Phi) is 12.4. The quantitative estimate of drug-likeness (QED) is 0.210. The minimum absolute atomic E-state index is 0.0854. The van der Waals surface area contributed by atoms with Crippen molar-refractivity contribution in [1.29, 1.82) is 0 Å². The monoisotopic (exact) mass is 641 g/mol. The molecule has 5 N–H and O–H groups in total. The number of carbonyl (C=O) groups is 5. The van der Waals surface area contributed by atoms with E-state index in [9.17, 15) is 32.4 Å². The van der Waals surface area contributed by atoms with Crippen LogP contribution in [0.1, 0.15) is 101 Å². The zero-order valence-electron chi connectivity index (χ0n) is 28.0. The van der Waals surface area contributed by atoms with Gasteiger partial charge in [0, 0.05) is 12.6 Å². The van der Waals surface area contributed by atoms with E-state index >= 15 is 0 Å². The summed E-state index contributed by atoms with van der Waals surface area (Å²) in [7, 11) is -3.35. The average molecular weight is 642 g/mol. The highest BCUT2D eigenvalue weighted by Gasteiger charge is 2.46. The van der Waals surface area contributed by atoms with Crippen LogP contribution in [0, 0.1) is 22.7 Å². The first-order valence-electron chi connectivity index (χ1n) is 15.8. The summed E-state index contributed by atoms with van der Waals surface area (Å²) >= 11 is 0. The summed E-state index contributed by atoms with van der Waals surface area (Å²) < 4.78 is 25.3. The number of sulfone groups is 1. The zero-order valence-corrected chi connectivity index (χ0v) is 28.8. The van der Waals surface area contributed by atoms with Crippen LogP contribution in [0.4, 0.5) is 4.79 Å². The van der Waals surface area contributed by atoms with Crippen LogP contribution in [-0.2, 0) is 29.0 Å². The Morgan fingerprint density at radius 1 is 0.909 bits per heavy atom. The fourth-order valence-electron chi connectivity index (χ4n) is 6.00. The van der Waals surface area contributed by atoms with E-state index < -0.39 is 79.6 Å². The predicted molar refractivity (Wildman–Crippen MR) is 169 cm³/mol. The SMILES string of the molecule is CCCN(C(=O)[C@@H](NC(=O)NC(C(C)C)C1CCCS1(=O)=O)C(C)(C)C)C(C(=O)NC(CC1CC1)C(=O)C(N)=O)C(C)(C)C. The molecule has 1 saturated carbocycles. The van der Waals surface area contributed by atoms with E-state index in [2.05, 4.69) is 16.0 Å². The van der Waals surface area contributed by atoms with Crippen LogP contribution in [0.25, 0.3) is 0 Å². The van der Waals surface area contributed by atoms with Crippen molar-refractivity contribution in [3.63, 3.8) is 0 Å². The number of rotatable bonds is 14. The van der Waals surface area contributed by atoms with Crippen LogP contribution in [0.3, 0.4) is 0 Å². The van der Waals surface area contributed by atoms with E-state index in [0.29, 0.717) is 25.7 Å². The molecule has 13 heteroatoms. The standard InChI is InChI=1S/C31H55N5O7S/c1-10-15-36(25(31(7,8)9)27(39)33-20(17-19-13-14-19)23(37)26(32)38)28(40)24(30(4,5)6)35-29(41)34-22(18(2)3)21-12-11-16-44(21,42)43/h18-22,24-25H,10-17H2,1-9H3,(H2,32,38)(H,33,39)(H2,34,35,41)/t20?,21?,22?,24-,25?/m1/s1. The van der Waals surface area contributed by atoms with Crippen LogP contribution in [0.2, 0.25) is 0 Å². The molecule has 252 valence electrons. The summed E-state index contributed by atoms with van der Waals surface area (Å²) in [6.07, 6.45) is 3.60. The Balaban J connectivity index is 2.39. The highest BCUT2D eigenvalue weighted by Crippen LogP contribution is 2.34. The van der Waals surface area contributed by atoms with E-state index in [1.165, 1.54) is 4.90 Å². The fourth-order valence-corrected chi connectivity index (χ4v) is 8.22. The van der Waals surface area contributed by atoms with E-state index in [1.54, 1.807) is 41.5 Å². The summed E-state index contributed by atoms with van der Waals surface area (Å²) in [5.41, 5.74) is 3.70. The molecule has 1 aliphatic heterocycles. The minimum Gasteiger partial charge on any atom is -0.363 e. The van der Waals surface area contributed by atoms with Crippen molar-refractivity contribution in [1.82, 2.24) is 20.9 Å². The van der Waals surface area contributed by atoms with Crippen LogP contribution < -0.4 is 21.7 Å². The fraction of sp³-hybridized carbons (Fsp3) is 0.839. The molecule has 0 aromatic rings. The van der Waals surface area contributed by atoms with Crippen molar-refractivity contribution in [2.45, 2.75) is 130 Å². The molecule has 0 bridgehead atoms. The molecule has 2 rings (SSSR count). The number of nitrogens with one attached hydrogen (secondary N) is 3. The number of amides is 5. The van der Waals surface area contributed by atoms with Crippen molar-refractivity contribution in [2.75, 3.05) is 12.3 Å². The van der Waals surface area contributed by atoms with Crippen LogP contribution in [0.5, 0.6) is 0 Å². The first-order chi connectivity index (χ1) is 20.1. The molecule has 1 saturated heterocycles. The maximum absolute atomic E-state index is 14.4. The summed E-state index contributed by atoms with van der Waals surface area (Å²) in [6, 6.07) is -4.50. The second-order valence-corrected chi connectivity index (χ2v) is 17.3. The Hall–Kier alpha value is -2.70. The molecule has 1 aliphatic carbocycles. The summed E-state index contributed by atoms with van der Waals surface area (Å²) in [5, 5.41) is 7.67. The van der Waals surface area contributed by atoms with E-state index in [-0.39, 0.29) is 24.1 Å². The van der Waals surface area contributed by atoms with Crippen LogP contribution >= 0.6 is 0 Å². The van der Waals surface area contributed by atoms with Gasteiger partial charge in [0.1, 0.15) is 12.1 Å². The molecule has 1 heterocycles. The number of nitrogens with zero attached hydrogens (tertiary/aromatic N) is 1. The van der Waals surface area contributed by atoms with Gasteiger partial charge in [-0.15, -0.1) is 0 Å². The molecule has 5 atom stereocenters. The Morgan fingerprint density at radius 3 is 1.91 bits per heavy atom. The van der Waals surface area contributed by atoms with Gasteiger partial charge in [0.05, 0.1) is 17.0 Å². The lowest BCUT2D eigenvalue weighted by atomic mass is 9.81. The number of hydrogen-bond donors (Lipinski definition) is 4. The molecule has 44 heavy (non-hydrogen) atoms. The summed E-state index contributed by atoms with van der Waals surface area (Å²) in [6.45, 7) is 16.6. The number of urea groups is 1. The molecule has 5 amide bonds. The maximum atomic E-state index is 14.4. The number of hydrogen-bond acceptors (Lipinski definition) is 7. The smallest absolute Gasteiger partial charge is 0.315 e. The predicted octanol–water partition coefficient (Wildman–Crippen LogP) is 2.29. The van der Waals surface area contributed by atoms with Crippen molar-refractivity contribution in [3.05, 3.63) is 0 Å². The lowest BCUT2D eigenvalue weighted by Gasteiger charge is -2.43. The Labute approximate surface area is 263 Å². The van der Waals surface area contributed by atoms with Gasteiger partial charge in [-0.3, -0.25) is 19.2 Å². The molecule has 4 unspecified atom stereocenters. The van der Waals surface area contributed by atoms with E-state index in [4.69, 9.17) is 5.73 Å². The van der Waals surface area contributed by atoms with Gasteiger partial charge in [0.15, 0.2) is 9.84 Å². The summed E-state index contributed by atoms with van der Waals surface area (Å²) in [5.74, 6) is -2.94. The molecule has 0 aromatic heterocycles. The van der Waals surface area contributed by atoms with Gasteiger partial charge < -0.3 is 26.6 Å². The molecule has 2 aliphatic rings. The highest BCUT2D eigenvalue weighted by molar-refractivity contribution is 7.92. The normalized spacial score (nSPS) is 21.1. The highest BCUT2D eigenvalue weighted by atomic mass is 32.2. The third kappa shape index (κ3) is 9.90. The molecule has 0 radical (unpaired) electrons. The molecular formula is C31H55N5O7S. The first kappa shape index (κ1) is 37.5. The van der Waals surface area contributed by atoms with Gasteiger partial charge in [-0.05, 0) is 48.3 Å². The van der Waals surface area contributed by atoms with Gasteiger partial charge in [-0.1, -0.05) is 75.2 Å². The topological polar surface area (TPSA) is 185 Å². The number of Topliss-reactive ketones (excluding diaryl/α,β-unsaturated/α-hetero) is 1. The van der Waals surface area contributed by atoms with Crippen molar-refractivity contribution in [2.24, 2.45) is 28.4 Å². The largest absolute Gasteiger partial charge is 0.363 e. The lowest BCUT2D eigenvalue weighted by Crippen LogP contribution is -2.64. The Bertz CT molecular complexity index is 1180. The van der Waals surface area contributed by atoms with E-state index in [0.717, 1.165) is 12.8 Å². The number of primary amides is 1. The van der Waals surface area contributed by atoms with Crippen LogP contribution in [-0.4, -0.2) is 84.6 Å². The second-order valence-electron chi connectivity index (χ2n) is 15.0. The van der Waals surface area contributed by atoms with Gasteiger partial charge >= 0.3 is 6.03 Å². The lowest BCUT2D eigenvalue weighted by molar-refractivity contribution is -0.149. The van der Waals surface area contributed by atoms with Gasteiger partial charge in [0.25, 0.3) is 5.91 Å². The molecular weight excluding hydrogens is 586 g/mol. The second kappa shape index (κ2) is 14.6. The number of carbonyl (C=O) groups excluding carboxylic acids is 5. The summed E-state index contributed by atoms with van der Waals surface area (Å²) in [4.78, 5) is 67.5. The molecule has 12 nitrogen and oxygen atoms in total. The molecule has 0 aromatic carbocycles. The molecule has 0 spiro atoms. The third-order valence-corrected chi connectivity index (χ3v) is 10.8. The van der Waals surface area contributed by atoms with Crippen molar-refractivity contribution < 1.29 is 32.4 Å². The van der Waals surface area contributed by atoms with Crippen molar-refractivity contribution >= 4 is 39.4 Å². The van der Waals surface area contributed by atoms with Gasteiger partial charge in [0.2, 0.25) is 17.6 Å². The maximum Gasteiger partial charge on any atom is 0.315 e. The minimum atomic E-state index is -3.35. The number of nitrogens with two attached hydrogens (primary N) is 1. The van der Waals surface area contributed by atoms with Gasteiger partial charge in [-0.25, -0.2) is 13.2 Å². The average Bonchev–Trinajstić information content (AvgIpc) is 3.62.